The van der Waals surface area contributed by atoms with Gasteiger partial charge in [0.05, 0.1) is 6.54 Å². The zero-order chi connectivity index (χ0) is 11.8. The Labute approximate surface area is 110 Å². The molecule has 0 atom stereocenters. The standard InChI is InChI=1S/C12H18BrNOS/c1-2-10-6-7-11(16-10)9-14-12(15)5-3-4-8-13/h6-7H,2-5,8-9H2,1H3,(H,14,15). The number of unbranched alkanes of at least 4 members (excludes halogenated alkanes) is 1. The summed E-state index contributed by atoms with van der Waals surface area (Å²) >= 11 is 5.14. The Morgan fingerprint density at radius 3 is 2.75 bits per heavy atom. The van der Waals surface area contributed by atoms with Crippen molar-refractivity contribution in [2.45, 2.75) is 39.2 Å². The van der Waals surface area contributed by atoms with Crippen LogP contribution in [0, 0.1) is 0 Å². The van der Waals surface area contributed by atoms with Gasteiger partial charge in [0.2, 0.25) is 5.91 Å². The lowest BCUT2D eigenvalue weighted by molar-refractivity contribution is -0.121. The number of carbonyl (C=O) groups is 1. The van der Waals surface area contributed by atoms with Gasteiger partial charge in [-0.05, 0) is 31.4 Å². The van der Waals surface area contributed by atoms with Crippen molar-refractivity contribution in [2.24, 2.45) is 0 Å². The van der Waals surface area contributed by atoms with Crippen molar-refractivity contribution < 1.29 is 4.79 Å². The van der Waals surface area contributed by atoms with E-state index in [4.69, 9.17) is 0 Å². The number of halogens is 1. The fraction of sp³-hybridized carbons (Fsp3) is 0.583. The van der Waals surface area contributed by atoms with E-state index >= 15 is 0 Å². The van der Waals surface area contributed by atoms with Crippen LogP contribution in [0.4, 0.5) is 0 Å². The summed E-state index contributed by atoms with van der Waals surface area (Å²) in [6, 6.07) is 4.24. The molecule has 4 heteroatoms. The number of amides is 1. The smallest absolute Gasteiger partial charge is 0.220 e. The minimum Gasteiger partial charge on any atom is -0.351 e. The van der Waals surface area contributed by atoms with Gasteiger partial charge < -0.3 is 5.32 Å². The Balaban J connectivity index is 2.20. The highest BCUT2D eigenvalue weighted by Crippen LogP contribution is 2.16. The molecule has 0 saturated carbocycles. The topological polar surface area (TPSA) is 29.1 Å². The molecule has 2 nitrogen and oxygen atoms in total. The Morgan fingerprint density at radius 1 is 1.38 bits per heavy atom. The van der Waals surface area contributed by atoms with E-state index in [2.05, 4.69) is 40.3 Å². The first-order valence-corrected chi connectivity index (χ1v) is 7.60. The SMILES string of the molecule is CCc1ccc(CNC(=O)CCCCBr)s1. The van der Waals surface area contributed by atoms with Gasteiger partial charge in [0.15, 0.2) is 0 Å². The van der Waals surface area contributed by atoms with Crippen LogP contribution in [-0.4, -0.2) is 11.2 Å². The highest BCUT2D eigenvalue weighted by Gasteiger charge is 2.02. The van der Waals surface area contributed by atoms with Gasteiger partial charge in [-0.15, -0.1) is 11.3 Å². The number of nitrogens with one attached hydrogen (secondary N) is 1. The van der Waals surface area contributed by atoms with Crippen LogP contribution in [-0.2, 0) is 17.8 Å². The van der Waals surface area contributed by atoms with Crippen LogP contribution in [0.15, 0.2) is 12.1 Å². The molecule has 1 N–H and O–H groups in total. The first-order chi connectivity index (χ1) is 7.76. The number of hydrogen-bond donors (Lipinski definition) is 1. The van der Waals surface area contributed by atoms with Crippen molar-refractivity contribution >= 4 is 33.2 Å². The normalized spacial score (nSPS) is 10.4. The number of alkyl halides is 1. The van der Waals surface area contributed by atoms with Crippen molar-refractivity contribution in [2.75, 3.05) is 5.33 Å². The fourth-order valence-corrected chi connectivity index (χ4v) is 2.66. The lowest BCUT2D eigenvalue weighted by atomic mass is 10.2. The average Bonchev–Trinajstić information content (AvgIpc) is 2.74. The number of rotatable bonds is 7. The first-order valence-electron chi connectivity index (χ1n) is 5.66. The second-order valence-electron chi connectivity index (χ2n) is 3.64. The molecule has 0 spiro atoms. The third-order valence-electron chi connectivity index (χ3n) is 2.31. The fourth-order valence-electron chi connectivity index (χ4n) is 1.36. The minimum absolute atomic E-state index is 0.160. The lowest BCUT2D eigenvalue weighted by Gasteiger charge is -2.02. The lowest BCUT2D eigenvalue weighted by Crippen LogP contribution is -2.21. The predicted molar refractivity (Wildman–Crippen MR) is 73.2 cm³/mol. The van der Waals surface area contributed by atoms with Crippen LogP contribution in [0.5, 0.6) is 0 Å². The molecule has 1 aromatic heterocycles. The zero-order valence-corrected chi connectivity index (χ0v) is 12.0. The van der Waals surface area contributed by atoms with Gasteiger partial charge in [0.25, 0.3) is 0 Å². The number of hydrogen-bond acceptors (Lipinski definition) is 2. The van der Waals surface area contributed by atoms with E-state index in [9.17, 15) is 4.79 Å². The van der Waals surface area contributed by atoms with Crippen LogP contribution < -0.4 is 5.32 Å². The Bertz CT molecular complexity index is 325. The molecule has 0 aromatic carbocycles. The molecular formula is C12H18BrNOS. The Morgan fingerprint density at radius 2 is 2.12 bits per heavy atom. The van der Waals surface area contributed by atoms with E-state index in [1.54, 1.807) is 11.3 Å². The Kier molecular flexibility index (Phi) is 6.73. The molecule has 16 heavy (non-hydrogen) atoms. The molecule has 0 aliphatic rings. The molecule has 0 aliphatic carbocycles. The number of aryl methyl sites for hydroxylation is 1. The van der Waals surface area contributed by atoms with Crippen LogP contribution in [0.25, 0.3) is 0 Å². The monoisotopic (exact) mass is 303 g/mol. The summed E-state index contributed by atoms with van der Waals surface area (Å²) in [6.07, 6.45) is 3.73. The summed E-state index contributed by atoms with van der Waals surface area (Å²) in [5, 5.41) is 3.93. The maximum absolute atomic E-state index is 11.4. The molecule has 0 aliphatic heterocycles. The Hall–Kier alpha value is -0.350. The largest absolute Gasteiger partial charge is 0.351 e. The van der Waals surface area contributed by atoms with Crippen molar-refractivity contribution in [1.29, 1.82) is 0 Å². The van der Waals surface area contributed by atoms with Gasteiger partial charge in [0, 0.05) is 21.5 Å². The van der Waals surface area contributed by atoms with E-state index in [0.717, 1.165) is 24.6 Å². The van der Waals surface area contributed by atoms with Crippen LogP contribution in [0.3, 0.4) is 0 Å². The molecule has 1 heterocycles. The summed E-state index contributed by atoms with van der Waals surface area (Å²) in [6.45, 7) is 2.83. The van der Waals surface area contributed by atoms with Gasteiger partial charge in [-0.3, -0.25) is 4.79 Å². The quantitative estimate of drug-likeness (QED) is 0.606. The van der Waals surface area contributed by atoms with Gasteiger partial charge in [-0.1, -0.05) is 22.9 Å². The molecule has 1 aromatic rings. The van der Waals surface area contributed by atoms with Crippen LogP contribution in [0.2, 0.25) is 0 Å². The van der Waals surface area contributed by atoms with E-state index in [0.29, 0.717) is 13.0 Å². The molecule has 0 fully saturated rings. The van der Waals surface area contributed by atoms with Gasteiger partial charge in [-0.25, -0.2) is 0 Å². The summed E-state index contributed by atoms with van der Waals surface area (Å²) in [5.41, 5.74) is 0. The van der Waals surface area contributed by atoms with Crippen molar-refractivity contribution in [3.63, 3.8) is 0 Å². The number of carbonyl (C=O) groups excluding carboxylic acids is 1. The van der Waals surface area contributed by atoms with Gasteiger partial charge in [0.1, 0.15) is 0 Å². The zero-order valence-electron chi connectivity index (χ0n) is 9.59. The second-order valence-corrected chi connectivity index (χ2v) is 5.69. The molecule has 0 saturated heterocycles. The molecule has 1 rings (SSSR count). The maximum Gasteiger partial charge on any atom is 0.220 e. The first kappa shape index (κ1) is 13.7. The van der Waals surface area contributed by atoms with Crippen LogP contribution in [0.1, 0.15) is 35.9 Å². The van der Waals surface area contributed by atoms with Crippen molar-refractivity contribution in [1.82, 2.24) is 5.32 Å². The van der Waals surface area contributed by atoms with Gasteiger partial charge >= 0.3 is 0 Å². The summed E-state index contributed by atoms with van der Waals surface area (Å²) in [4.78, 5) is 14.1. The third kappa shape index (κ3) is 5.12. The molecular weight excluding hydrogens is 286 g/mol. The second kappa shape index (κ2) is 7.85. The molecule has 1 amide bonds. The molecule has 0 bridgehead atoms. The average molecular weight is 304 g/mol. The van der Waals surface area contributed by atoms with E-state index < -0.39 is 0 Å². The van der Waals surface area contributed by atoms with E-state index in [1.807, 2.05) is 0 Å². The molecule has 0 radical (unpaired) electrons. The highest BCUT2D eigenvalue weighted by atomic mass is 79.9. The maximum atomic E-state index is 11.4. The molecule has 90 valence electrons. The number of thiophene rings is 1. The molecule has 0 unspecified atom stereocenters. The van der Waals surface area contributed by atoms with Crippen molar-refractivity contribution in [3.8, 4) is 0 Å². The highest BCUT2D eigenvalue weighted by molar-refractivity contribution is 9.09. The van der Waals surface area contributed by atoms with E-state index in [1.165, 1.54) is 9.75 Å². The van der Waals surface area contributed by atoms with Crippen molar-refractivity contribution in [3.05, 3.63) is 21.9 Å². The predicted octanol–water partition coefficient (Wildman–Crippen LogP) is 3.49. The third-order valence-corrected chi connectivity index (χ3v) is 4.10. The van der Waals surface area contributed by atoms with Crippen LogP contribution >= 0.6 is 27.3 Å². The minimum atomic E-state index is 0.160. The van der Waals surface area contributed by atoms with E-state index in [-0.39, 0.29) is 5.91 Å². The summed E-state index contributed by atoms with van der Waals surface area (Å²) in [5.74, 6) is 0.160. The summed E-state index contributed by atoms with van der Waals surface area (Å²) in [7, 11) is 0. The summed E-state index contributed by atoms with van der Waals surface area (Å²) < 4.78 is 0. The van der Waals surface area contributed by atoms with Gasteiger partial charge in [-0.2, -0.15) is 0 Å².